The van der Waals surface area contributed by atoms with Crippen molar-refractivity contribution in [1.82, 2.24) is 5.32 Å². The van der Waals surface area contributed by atoms with Gasteiger partial charge in [0, 0.05) is 12.5 Å². The number of nitrogens with one attached hydrogen (secondary N) is 1. The van der Waals surface area contributed by atoms with Crippen molar-refractivity contribution in [3.8, 4) is 0 Å². The van der Waals surface area contributed by atoms with Gasteiger partial charge in [0.1, 0.15) is 0 Å². The van der Waals surface area contributed by atoms with Crippen LogP contribution in [0.1, 0.15) is 53.9 Å². The highest BCUT2D eigenvalue weighted by molar-refractivity contribution is 5.12. The van der Waals surface area contributed by atoms with E-state index in [0.717, 1.165) is 6.54 Å². The van der Waals surface area contributed by atoms with Crippen LogP contribution in [0.2, 0.25) is 0 Å². The summed E-state index contributed by atoms with van der Waals surface area (Å²) >= 11 is 0. The van der Waals surface area contributed by atoms with E-state index in [9.17, 15) is 13.2 Å². The molecule has 1 rings (SSSR count). The maximum absolute atomic E-state index is 12.0. The lowest BCUT2D eigenvalue weighted by Gasteiger charge is -2.15. The van der Waals surface area contributed by atoms with Crippen molar-refractivity contribution >= 4 is 0 Å². The van der Waals surface area contributed by atoms with Crippen LogP contribution in [-0.4, -0.2) is 18.8 Å². The van der Waals surface area contributed by atoms with E-state index in [2.05, 4.69) is 33.0 Å². The predicted molar refractivity (Wildman–Crippen MR) is 68.4 cm³/mol. The molecule has 0 aromatic carbocycles. The monoisotopic (exact) mass is 265 g/mol. The molecular weight excluding hydrogens is 239 g/mol. The van der Waals surface area contributed by atoms with Crippen molar-refractivity contribution in [3.63, 3.8) is 0 Å². The van der Waals surface area contributed by atoms with Gasteiger partial charge in [0.05, 0.1) is 0 Å². The lowest BCUT2D eigenvalue weighted by Crippen LogP contribution is -2.29. The third kappa shape index (κ3) is 3.62. The average molecular weight is 265 g/mol. The van der Waals surface area contributed by atoms with Gasteiger partial charge in [0.2, 0.25) is 0 Å². The molecule has 0 aliphatic heterocycles. The van der Waals surface area contributed by atoms with Crippen molar-refractivity contribution in [2.24, 2.45) is 16.7 Å². The molecule has 1 fully saturated rings. The maximum atomic E-state index is 12.0. The minimum Gasteiger partial charge on any atom is -0.314 e. The van der Waals surface area contributed by atoms with E-state index in [1.807, 2.05) is 6.92 Å². The zero-order valence-corrected chi connectivity index (χ0v) is 12.1. The molecule has 0 amide bonds. The van der Waals surface area contributed by atoms with Gasteiger partial charge in [-0.2, -0.15) is 13.2 Å². The second-order valence-electron chi connectivity index (χ2n) is 6.81. The summed E-state index contributed by atoms with van der Waals surface area (Å²) in [6.07, 6.45) is -3.87. The second-order valence-corrected chi connectivity index (χ2v) is 6.81. The molecule has 0 bridgehead atoms. The van der Waals surface area contributed by atoms with Gasteiger partial charge in [-0.15, -0.1) is 0 Å². The summed E-state index contributed by atoms with van der Waals surface area (Å²) in [4.78, 5) is 0. The third-order valence-electron chi connectivity index (χ3n) is 5.09. The molecule has 1 aliphatic carbocycles. The molecule has 1 aliphatic rings. The Bertz CT molecular complexity index is 267. The fraction of sp³-hybridized carbons (Fsp3) is 1.00. The van der Waals surface area contributed by atoms with E-state index in [-0.39, 0.29) is 12.5 Å². The fourth-order valence-corrected chi connectivity index (χ4v) is 2.87. The van der Waals surface area contributed by atoms with Gasteiger partial charge in [-0.25, -0.2) is 0 Å². The molecule has 1 atom stereocenters. The lowest BCUT2D eigenvalue weighted by molar-refractivity contribution is -0.135. The summed E-state index contributed by atoms with van der Waals surface area (Å²) in [5.41, 5.74) is 0.678. The predicted octanol–water partition coefficient (Wildman–Crippen LogP) is 4.38. The number of alkyl halides is 3. The van der Waals surface area contributed by atoms with Crippen LogP contribution in [0.4, 0.5) is 13.2 Å². The minimum atomic E-state index is -4.01. The van der Waals surface area contributed by atoms with Crippen LogP contribution < -0.4 is 5.32 Å². The van der Waals surface area contributed by atoms with Gasteiger partial charge in [-0.3, -0.25) is 0 Å². The van der Waals surface area contributed by atoms with Gasteiger partial charge in [-0.1, -0.05) is 27.7 Å². The molecule has 1 N–H and O–H groups in total. The van der Waals surface area contributed by atoms with Crippen LogP contribution in [0.5, 0.6) is 0 Å². The molecular formula is C14H26F3N. The molecule has 0 aromatic heterocycles. The van der Waals surface area contributed by atoms with Crippen LogP contribution >= 0.6 is 0 Å². The first kappa shape index (κ1) is 15.8. The summed E-state index contributed by atoms with van der Waals surface area (Å²) in [5, 5.41) is 3.37. The topological polar surface area (TPSA) is 12.0 Å². The van der Waals surface area contributed by atoms with Crippen LogP contribution in [-0.2, 0) is 0 Å². The highest BCUT2D eigenvalue weighted by Crippen LogP contribution is 2.67. The average Bonchev–Trinajstić information content (AvgIpc) is 2.52. The Labute approximate surface area is 109 Å². The first-order valence-corrected chi connectivity index (χ1v) is 6.78. The molecule has 0 saturated heterocycles. The van der Waals surface area contributed by atoms with E-state index in [0.29, 0.717) is 23.2 Å². The minimum absolute atomic E-state index is 0.166. The van der Waals surface area contributed by atoms with Gasteiger partial charge in [0.15, 0.2) is 0 Å². The molecule has 1 saturated carbocycles. The van der Waals surface area contributed by atoms with E-state index in [1.165, 1.54) is 0 Å². The number of hydrogen-bond donors (Lipinski definition) is 1. The molecule has 0 spiro atoms. The van der Waals surface area contributed by atoms with Crippen molar-refractivity contribution in [1.29, 1.82) is 0 Å². The van der Waals surface area contributed by atoms with Crippen LogP contribution in [0, 0.1) is 16.7 Å². The molecule has 18 heavy (non-hydrogen) atoms. The van der Waals surface area contributed by atoms with E-state index in [1.54, 1.807) is 0 Å². The molecule has 1 unspecified atom stereocenters. The quantitative estimate of drug-likeness (QED) is 0.751. The van der Waals surface area contributed by atoms with Crippen molar-refractivity contribution in [3.05, 3.63) is 0 Å². The van der Waals surface area contributed by atoms with Gasteiger partial charge >= 0.3 is 6.18 Å². The number of rotatable bonds is 6. The van der Waals surface area contributed by atoms with Gasteiger partial charge in [-0.05, 0) is 43.1 Å². The zero-order valence-electron chi connectivity index (χ0n) is 12.1. The van der Waals surface area contributed by atoms with Crippen molar-refractivity contribution in [2.45, 2.75) is 66.1 Å². The molecule has 0 aromatic rings. The summed E-state index contributed by atoms with van der Waals surface area (Å²) in [6, 6.07) is 0.166. The van der Waals surface area contributed by atoms with Gasteiger partial charge < -0.3 is 5.32 Å². The fourth-order valence-electron chi connectivity index (χ4n) is 2.87. The highest BCUT2D eigenvalue weighted by atomic mass is 19.4. The SMILES string of the molecule is CC(CCCC(F)(F)F)NCC1C(C)(C)C1(C)C. The molecule has 108 valence electrons. The summed E-state index contributed by atoms with van der Waals surface area (Å²) in [5.74, 6) is 0.620. The maximum Gasteiger partial charge on any atom is 0.389 e. The second kappa shape index (κ2) is 5.03. The van der Waals surface area contributed by atoms with Crippen LogP contribution in [0.3, 0.4) is 0 Å². The normalized spacial score (nSPS) is 24.0. The first-order chi connectivity index (χ1) is 7.98. The molecule has 1 nitrogen and oxygen atoms in total. The molecule has 0 heterocycles. The first-order valence-electron chi connectivity index (χ1n) is 6.78. The van der Waals surface area contributed by atoms with Crippen LogP contribution in [0.25, 0.3) is 0 Å². The summed E-state index contributed by atoms with van der Waals surface area (Å²) in [7, 11) is 0. The Balaban J connectivity index is 2.18. The van der Waals surface area contributed by atoms with Crippen molar-refractivity contribution < 1.29 is 13.2 Å². The smallest absolute Gasteiger partial charge is 0.314 e. The van der Waals surface area contributed by atoms with Crippen molar-refractivity contribution in [2.75, 3.05) is 6.54 Å². The Morgan fingerprint density at radius 2 is 1.61 bits per heavy atom. The van der Waals surface area contributed by atoms with E-state index in [4.69, 9.17) is 0 Å². The highest BCUT2D eigenvalue weighted by Gasteiger charge is 2.63. The third-order valence-corrected chi connectivity index (χ3v) is 5.09. The van der Waals surface area contributed by atoms with Crippen LogP contribution in [0.15, 0.2) is 0 Å². The summed E-state index contributed by atoms with van der Waals surface area (Å²) < 4.78 is 36.0. The Kier molecular flexibility index (Phi) is 4.41. The molecule has 0 radical (unpaired) electrons. The zero-order chi connectivity index (χ0) is 14.2. The Morgan fingerprint density at radius 3 is 2.00 bits per heavy atom. The Morgan fingerprint density at radius 1 is 1.11 bits per heavy atom. The van der Waals surface area contributed by atoms with E-state index >= 15 is 0 Å². The Hall–Kier alpha value is -0.250. The van der Waals surface area contributed by atoms with Gasteiger partial charge in [0.25, 0.3) is 0 Å². The summed E-state index contributed by atoms with van der Waals surface area (Å²) in [6.45, 7) is 11.9. The van der Waals surface area contributed by atoms with E-state index < -0.39 is 12.6 Å². The lowest BCUT2D eigenvalue weighted by atomic mass is 10.0. The standard InChI is InChI=1S/C14H26F3N/c1-10(7-6-8-14(15,16)17)18-9-11-12(2,3)13(11,4)5/h10-11,18H,6-9H2,1-5H3. The largest absolute Gasteiger partial charge is 0.389 e. The number of hydrogen-bond acceptors (Lipinski definition) is 1. The molecule has 4 heteroatoms. The number of halogens is 3.